The molecule has 0 aromatic rings. The molecule has 2 N–H and O–H groups in total. The maximum absolute atomic E-state index is 11.5. The summed E-state index contributed by atoms with van der Waals surface area (Å²) in [6.45, 7) is 2.77. The SMILES string of the molecule is COCCOCC(=O)NCCOCCOCC(=O)CCCNC(=O)CI. The van der Waals surface area contributed by atoms with Crippen molar-refractivity contribution in [2.75, 3.05) is 70.9 Å². The molecule has 152 valence electrons. The Hall–Kier alpha value is -0.820. The van der Waals surface area contributed by atoms with Crippen LogP contribution in [0.2, 0.25) is 0 Å². The van der Waals surface area contributed by atoms with Gasteiger partial charge in [-0.15, -0.1) is 0 Å². The highest BCUT2D eigenvalue weighted by atomic mass is 127. The van der Waals surface area contributed by atoms with Gasteiger partial charge in [0.1, 0.15) is 13.2 Å². The number of hydrogen-bond acceptors (Lipinski definition) is 7. The van der Waals surface area contributed by atoms with Crippen molar-refractivity contribution in [3.63, 3.8) is 0 Å². The molecule has 0 aliphatic rings. The molecule has 0 aromatic carbocycles. The molecule has 0 bridgehead atoms. The van der Waals surface area contributed by atoms with Crippen LogP contribution in [0, 0.1) is 0 Å². The number of methoxy groups -OCH3 is 1. The van der Waals surface area contributed by atoms with Gasteiger partial charge in [-0.25, -0.2) is 0 Å². The zero-order valence-corrected chi connectivity index (χ0v) is 17.4. The van der Waals surface area contributed by atoms with E-state index in [4.69, 9.17) is 18.9 Å². The van der Waals surface area contributed by atoms with Crippen LogP contribution in [0.3, 0.4) is 0 Å². The first kappa shape index (κ1) is 25.2. The third kappa shape index (κ3) is 18.0. The summed E-state index contributed by atoms with van der Waals surface area (Å²) in [5.74, 6) is -0.239. The van der Waals surface area contributed by atoms with Crippen molar-refractivity contribution in [1.29, 1.82) is 0 Å². The molecule has 0 aliphatic heterocycles. The first-order valence-electron chi connectivity index (χ1n) is 8.43. The molecular formula is C16H29IN2O7. The summed E-state index contributed by atoms with van der Waals surface area (Å²) < 4.78 is 20.8. The van der Waals surface area contributed by atoms with Gasteiger partial charge >= 0.3 is 0 Å². The molecule has 2 amide bonds. The van der Waals surface area contributed by atoms with Gasteiger partial charge in [0.15, 0.2) is 5.78 Å². The van der Waals surface area contributed by atoms with E-state index in [9.17, 15) is 14.4 Å². The molecule has 10 heteroatoms. The molecular weight excluding hydrogens is 459 g/mol. The Morgan fingerprint density at radius 3 is 2.19 bits per heavy atom. The highest BCUT2D eigenvalue weighted by Gasteiger charge is 2.03. The third-order valence-electron chi connectivity index (χ3n) is 2.94. The molecule has 26 heavy (non-hydrogen) atoms. The number of ketones is 1. The lowest BCUT2D eigenvalue weighted by Gasteiger charge is -2.08. The second-order valence-corrected chi connectivity index (χ2v) is 5.95. The van der Waals surface area contributed by atoms with Crippen molar-refractivity contribution >= 4 is 40.2 Å². The van der Waals surface area contributed by atoms with Crippen LogP contribution in [-0.2, 0) is 33.3 Å². The van der Waals surface area contributed by atoms with Gasteiger partial charge < -0.3 is 29.6 Å². The fraction of sp³-hybridized carbons (Fsp3) is 0.812. The fourth-order valence-corrected chi connectivity index (χ4v) is 1.93. The zero-order valence-electron chi connectivity index (χ0n) is 15.2. The Kier molecular flexibility index (Phi) is 18.4. The number of halogens is 1. The molecule has 0 unspecified atom stereocenters. The predicted molar refractivity (Wildman–Crippen MR) is 103 cm³/mol. The second-order valence-electron chi connectivity index (χ2n) is 5.19. The number of hydrogen-bond donors (Lipinski definition) is 2. The minimum atomic E-state index is -0.207. The number of rotatable bonds is 18. The van der Waals surface area contributed by atoms with Crippen molar-refractivity contribution in [3.8, 4) is 0 Å². The molecule has 0 fully saturated rings. The molecule has 9 nitrogen and oxygen atoms in total. The molecule has 0 saturated carbocycles. The molecule has 0 saturated heterocycles. The number of Topliss-reactive ketones (excluding diaryl/α,β-unsaturated/α-hetero) is 1. The Bertz CT molecular complexity index is 397. The number of carbonyl (C=O) groups is 3. The minimum Gasteiger partial charge on any atom is -0.382 e. The topological polar surface area (TPSA) is 112 Å². The van der Waals surface area contributed by atoms with Gasteiger partial charge in [-0.3, -0.25) is 14.4 Å². The lowest BCUT2D eigenvalue weighted by molar-refractivity contribution is -0.127. The second kappa shape index (κ2) is 19.0. The first-order valence-corrected chi connectivity index (χ1v) is 9.96. The van der Waals surface area contributed by atoms with Gasteiger partial charge in [-0.2, -0.15) is 0 Å². The summed E-state index contributed by atoms with van der Waals surface area (Å²) in [5.41, 5.74) is 0. The number of carbonyl (C=O) groups excluding carboxylic acids is 3. The highest BCUT2D eigenvalue weighted by Crippen LogP contribution is 1.92. The molecule has 0 aliphatic carbocycles. The van der Waals surface area contributed by atoms with Crippen molar-refractivity contribution < 1.29 is 33.3 Å². The van der Waals surface area contributed by atoms with Gasteiger partial charge in [0, 0.05) is 26.6 Å². The first-order chi connectivity index (χ1) is 12.6. The third-order valence-corrected chi connectivity index (χ3v) is 3.64. The summed E-state index contributed by atoms with van der Waals surface area (Å²) in [6.07, 6.45) is 0.983. The van der Waals surface area contributed by atoms with Crippen LogP contribution in [0.15, 0.2) is 0 Å². The van der Waals surface area contributed by atoms with E-state index in [0.29, 0.717) is 63.4 Å². The van der Waals surface area contributed by atoms with Crippen molar-refractivity contribution in [2.45, 2.75) is 12.8 Å². The van der Waals surface area contributed by atoms with Gasteiger partial charge in [0.25, 0.3) is 0 Å². The van der Waals surface area contributed by atoms with Gasteiger partial charge in [0.05, 0.1) is 37.5 Å². The molecule has 0 radical (unpaired) electrons. The van der Waals surface area contributed by atoms with E-state index in [1.807, 2.05) is 22.6 Å². The Labute approximate surface area is 168 Å². The smallest absolute Gasteiger partial charge is 0.246 e. The van der Waals surface area contributed by atoms with Crippen LogP contribution >= 0.6 is 22.6 Å². The number of amides is 2. The summed E-state index contributed by atoms with van der Waals surface area (Å²) in [4.78, 5) is 33.9. The quantitative estimate of drug-likeness (QED) is 0.155. The van der Waals surface area contributed by atoms with Crippen LogP contribution < -0.4 is 10.6 Å². The van der Waals surface area contributed by atoms with E-state index in [0.717, 1.165) is 0 Å². The summed E-state index contributed by atoms with van der Waals surface area (Å²) >= 11 is 1.98. The maximum Gasteiger partial charge on any atom is 0.246 e. The van der Waals surface area contributed by atoms with E-state index in [1.54, 1.807) is 7.11 Å². The summed E-state index contributed by atoms with van der Waals surface area (Å²) in [7, 11) is 1.56. The number of nitrogens with one attached hydrogen (secondary N) is 2. The Balaban J connectivity index is 3.31. The summed E-state index contributed by atoms with van der Waals surface area (Å²) in [6, 6.07) is 0. The van der Waals surface area contributed by atoms with Gasteiger partial charge in [-0.1, -0.05) is 22.6 Å². The number of alkyl halides is 1. The molecule has 0 spiro atoms. The average molecular weight is 488 g/mol. The van der Waals surface area contributed by atoms with E-state index in [1.165, 1.54) is 0 Å². The normalized spacial score (nSPS) is 10.5. The lowest BCUT2D eigenvalue weighted by atomic mass is 10.2. The molecule has 0 aromatic heterocycles. The van der Waals surface area contributed by atoms with Crippen molar-refractivity contribution in [2.24, 2.45) is 0 Å². The highest BCUT2D eigenvalue weighted by molar-refractivity contribution is 14.1. The molecule has 0 rings (SSSR count). The van der Waals surface area contributed by atoms with Crippen LogP contribution in [-0.4, -0.2) is 88.5 Å². The average Bonchev–Trinajstić information content (AvgIpc) is 2.64. The van der Waals surface area contributed by atoms with Crippen LogP contribution in [0.1, 0.15) is 12.8 Å². The van der Waals surface area contributed by atoms with Gasteiger partial charge in [0.2, 0.25) is 11.8 Å². The van der Waals surface area contributed by atoms with E-state index >= 15 is 0 Å². The Morgan fingerprint density at radius 2 is 1.46 bits per heavy atom. The molecule has 0 heterocycles. The largest absolute Gasteiger partial charge is 0.382 e. The number of ether oxygens (including phenoxy) is 4. The minimum absolute atomic E-state index is 0.00364. The summed E-state index contributed by atoms with van der Waals surface area (Å²) in [5, 5.41) is 5.36. The van der Waals surface area contributed by atoms with Crippen LogP contribution in [0.4, 0.5) is 0 Å². The zero-order chi connectivity index (χ0) is 19.5. The van der Waals surface area contributed by atoms with Crippen LogP contribution in [0.25, 0.3) is 0 Å². The molecule has 0 atom stereocenters. The standard InChI is InChI=1S/C16H29IN2O7/c1-23-7-8-26-13-16(22)19-5-6-24-9-10-25-12-14(20)3-2-4-18-15(21)11-17/h2-13H2,1H3,(H,18,21)(H,19,22). The van der Waals surface area contributed by atoms with E-state index in [2.05, 4.69) is 10.6 Å². The monoisotopic (exact) mass is 488 g/mol. The van der Waals surface area contributed by atoms with Crippen molar-refractivity contribution in [3.05, 3.63) is 0 Å². The van der Waals surface area contributed by atoms with E-state index in [-0.39, 0.29) is 30.8 Å². The van der Waals surface area contributed by atoms with E-state index < -0.39 is 0 Å². The van der Waals surface area contributed by atoms with Crippen molar-refractivity contribution in [1.82, 2.24) is 10.6 Å². The maximum atomic E-state index is 11.5. The lowest BCUT2D eigenvalue weighted by Crippen LogP contribution is -2.31. The van der Waals surface area contributed by atoms with Crippen LogP contribution in [0.5, 0.6) is 0 Å². The fourth-order valence-electron chi connectivity index (χ4n) is 1.66. The van der Waals surface area contributed by atoms with Gasteiger partial charge in [-0.05, 0) is 6.42 Å². The Morgan fingerprint density at radius 1 is 0.808 bits per heavy atom. The predicted octanol–water partition coefficient (Wildman–Crippen LogP) is -0.301.